The van der Waals surface area contributed by atoms with E-state index in [2.05, 4.69) is 21.5 Å². The molecule has 1 aliphatic heterocycles. The summed E-state index contributed by atoms with van der Waals surface area (Å²) in [6.07, 6.45) is 7.91. The van der Waals surface area contributed by atoms with E-state index in [9.17, 15) is 4.79 Å². The summed E-state index contributed by atoms with van der Waals surface area (Å²) in [7, 11) is 0. The highest BCUT2D eigenvalue weighted by molar-refractivity contribution is 5.81. The van der Waals surface area contributed by atoms with Gasteiger partial charge in [-0.1, -0.05) is 0 Å². The first-order valence-electron chi connectivity index (χ1n) is 6.41. The molecule has 0 aromatic carbocycles. The van der Waals surface area contributed by atoms with Crippen molar-refractivity contribution in [1.82, 2.24) is 15.5 Å². The first kappa shape index (κ1) is 14.0. The highest BCUT2D eigenvalue weighted by Gasteiger charge is 2.21. The van der Waals surface area contributed by atoms with Crippen LogP contribution in [-0.4, -0.2) is 49.6 Å². The molecule has 0 aromatic heterocycles. The molecule has 17 heavy (non-hydrogen) atoms. The second-order valence-electron chi connectivity index (χ2n) is 4.41. The minimum absolute atomic E-state index is 0.0234. The van der Waals surface area contributed by atoms with Crippen LogP contribution in [0.4, 0.5) is 0 Å². The topological polar surface area (TPSA) is 44.4 Å². The fourth-order valence-corrected chi connectivity index (χ4v) is 1.95. The highest BCUT2D eigenvalue weighted by Crippen LogP contribution is 2.01. The summed E-state index contributed by atoms with van der Waals surface area (Å²) >= 11 is 0. The predicted molar refractivity (Wildman–Crippen MR) is 69.6 cm³/mol. The van der Waals surface area contributed by atoms with E-state index in [0.717, 1.165) is 52.0 Å². The molecule has 1 heterocycles. The molecule has 1 atom stereocenters. The summed E-state index contributed by atoms with van der Waals surface area (Å²) in [6.45, 7) is 6.55. The number of hydrogen-bond donors (Lipinski definition) is 2. The van der Waals surface area contributed by atoms with Crippen LogP contribution in [0.2, 0.25) is 0 Å². The van der Waals surface area contributed by atoms with Crippen molar-refractivity contribution in [3.05, 3.63) is 0 Å². The number of piperazine rings is 1. The van der Waals surface area contributed by atoms with E-state index in [-0.39, 0.29) is 11.9 Å². The number of unbranched alkanes of at least 4 members (excludes halogenated alkanes) is 2. The molecular formula is C13H23N3O. The summed E-state index contributed by atoms with van der Waals surface area (Å²) in [5, 5.41) is 6.25. The van der Waals surface area contributed by atoms with Gasteiger partial charge in [0.25, 0.3) is 0 Å². The van der Waals surface area contributed by atoms with Crippen LogP contribution in [-0.2, 0) is 4.79 Å². The van der Waals surface area contributed by atoms with Crippen LogP contribution in [0.1, 0.15) is 26.2 Å². The normalized spacial score (nSPS) is 18.4. The van der Waals surface area contributed by atoms with E-state index in [1.54, 1.807) is 0 Å². The third kappa shape index (κ3) is 5.20. The average molecular weight is 237 g/mol. The molecule has 4 heteroatoms. The number of rotatable bonds is 6. The molecule has 1 amide bonds. The zero-order valence-electron chi connectivity index (χ0n) is 10.7. The second-order valence-corrected chi connectivity index (χ2v) is 4.41. The Kier molecular flexibility index (Phi) is 6.68. The maximum absolute atomic E-state index is 11.9. The summed E-state index contributed by atoms with van der Waals surface area (Å²) in [5.41, 5.74) is 0. The molecule has 0 bridgehead atoms. The van der Waals surface area contributed by atoms with Gasteiger partial charge in [-0.25, -0.2) is 0 Å². The van der Waals surface area contributed by atoms with Gasteiger partial charge in [0.05, 0.1) is 6.04 Å². The van der Waals surface area contributed by atoms with Gasteiger partial charge in [-0.3, -0.25) is 9.69 Å². The Balaban J connectivity index is 2.15. The minimum Gasteiger partial charge on any atom is -0.355 e. The molecule has 1 aliphatic rings. The average Bonchev–Trinajstić information content (AvgIpc) is 2.38. The van der Waals surface area contributed by atoms with Crippen LogP contribution in [0, 0.1) is 12.3 Å². The summed E-state index contributed by atoms with van der Waals surface area (Å²) in [5.74, 6) is 2.73. The van der Waals surface area contributed by atoms with Crippen LogP contribution in [0.5, 0.6) is 0 Å². The fourth-order valence-electron chi connectivity index (χ4n) is 1.95. The molecule has 2 N–H and O–H groups in total. The molecule has 1 unspecified atom stereocenters. The van der Waals surface area contributed by atoms with Crippen molar-refractivity contribution in [1.29, 1.82) is 0 Å². The summed E-state index contributed by atoms with van der Waals surface area (Å²) < 4.78 is 0. The molecule has 0 radical (unpaired) electrons. The monoisotopic (exact) mass is 237 g/mol. The van der Waals surface area contributed by atoms with Crippen molar-refractivity contribution in [3.63, 3.8) is 0 Å². The lowest BCUT2D eigenvalue weighted by molar-refractivity contribution is -0.126. The largest absolute Gasteiger partial charge is 0.355 e. The maximum Gasteiger partial charge on any atom is 0.237 e. The Labute approximate surface area is 104 Å². The molecular weight excluding hydrogens is 214 g/mol. The Morgan fingerprint density at radius 2 is 2.18 bits per heavy atom. The number of amides is 1. The molecule has 1 fully saturated rings. The molecule has 0 aliphatic carbocycles. The number of terminal acetylenes is 1. The van der Waals surface area contributed by atoms with Crippen molar-refractivity contribution < 1.29 is 4.79 Å². The van der Waals surface area contributed by atoms with Crippen LogP contribution >= 0.6 is 0 Å². The summed E-state index contributed by atoms with van der Waals surface area (Å²) in [4.78, 5) is 14.1. The Morgan fingerprint density at radius 1 is 1.47 bits per heavy atom. The third-order valence-electron chi connectivity index (χ3n) is 3.13. The summed E-state index contributed by atoms with van der Waals surface area (Å²) in [6, 6.07) is -0.0234. The van der Waals surface area contributed by atoms with Gasteiger partial charge in [-0.2, -0.15) is 0 Å². The van der Waals surface area contributed by atoms with Gasteiger partial charge < -0.3 is 10.6 Å². The number of nitrogens with zero attached hydrogens (tertiary/aromatic N) is 1. The maximum atomic E-state index is 11.9. The van der Waals surface area contributed by atoms with Crippen molar-refractivity contribution in [2.75, 3.05) is 32.7 Å². The van der Waals surface area contributed by atoms with E-state index in [0.29, 0.717) is 0 Å². The van der Waals surface area contributed by atoms with Crippen LogP contribution in [0.25, 0.3) is 0 Å². The first-order chi connectivity index (χ1) is 8.25. The smallest absolute Gasteiger partial charge is 0.237 e. The third-order valence-corrected chi connectivity index (χ3v) is 3.13. The van der Waals surface area contributed by atoms with Gasteiger partial charge in [0, 0.05) is 39.1 Å². The molecule has 4 nitrogen and oxygen atoms in total. The van der Waals surface area contributed by atoms with Crippen LogP contribution < -0.4 is 10.6 Å². The van der Waals surface area contributed by atoms with E-state index in [1.165, 1.54) is 0 Å². The lowest BCUT2D eigenvalue weighted by atomic mass is 10.2. The van der Waals surface area contributed by atoms with Crippen molar-refractivity contribution in [2.45, 2.75) is 32.2 Å². The zero-order valence-corrected chi connectivity index (χ0v) is 10.7. The standard InChI is InChI=1S/C13H23N3O/c1-3-4-5-6-7-15-13(17)12(2)16-10-8-14-9-11-16/h1,12,14H,4-11H2,2H3,(H,15,17). The first-order valence-corrected chi connectivity index (χ1v) is 6.41. The zero-order chi connectivity index (χ0) is 12.5. The van der Waals surface area contributed by atoms with Gasteiger partial charge in [-0.05, 0) is 19.8 Å². The van der Waals surface area contributed by atoms with Gasteiger partial charge in [0.15, 0.2) is 0 Å². The van der Waals surface area contributed by atoms with Gasteiger partial charge >= 0.3 is 0 Å². The van der Waals surface area contributed by atoms with E-state index >= 15 is 0 Å². The van der Waals surface area contributed by atoms with Crippen LogP contribution in [0.3, 0.4) is 0 Å². The van der Waals surface area contributed by atoms with Gasteiger partial charge in [0.1, 0.15) is 0 Å². The van der Waals surface area contributed by atoms with Crippen molar-refractivity contribution in [2.24, 2.45) is 0 Å². The SMILES string of the molecule is C#CCCCCNC(=O)C(C)N1CCNCC1. The number of carbonyl (C=O) groups is 1. The van der Waals surface area contributed by atoms with Crippen LogP contribution in [0.15, 0.2) is 0 Å². The molecule has 0 spiro atoms. The Morgan fingerprint density at radius 3 is 2.82 bits per heavy atom. The highest BCUT2D eigenvalue weighted by atomic mass is 16.2. The number of carbonyl (C=O) groups excluding carboxylic acids is 1. The van der Waals surface area contributed by atoms with Gasteiger partial charge in [-0.15, -0.1) is 12.3 Å². The fraction of sp³-hybridized carbons (Fsp3) is 0.769. The lowest BCUT2D eigenvalue weighted by Crippen LogP contribution is -2.52. The Bertz CT molecular complexity index is 266. The van der Waals surface area contributed by atoms with Crippen molar-refractivity contribution in [3.8, 4) is 12.3 Å². The molecule has 1 saturated heterocycles. The minimum atomic E-state index is -0.0234. The molecule has 96 valence electrons. The molecule has 0 saturated carbocycles. The number of nitrogens with one attached hydrogen (secondary N) is 2. The van der Waals surface area contributed by atoms with E-state index in [4.69, 9.17) is 6.42 Å². The molecule has 0 aromatic rings. The van der Waals surface area contributed by atoms with Gasteiger partial charge in [0.2, 0.25) is 5.91 Å². The molecule has 1 rings (SSSR count). The predicted octanol–water partition coefficient (Wildman–Crippen LogP) is 0.200. The van der Waals surface area contributed by atoms with E-state index in [1.807, 2.05) is 6.92 Å². The quantitative estimate of drug-likeness (QED) is 0.512. The number of hydrogen-bond acceptors (Lipinski definition) is 3. The van der Waals surface area contributed by atoms with E-state index < -0.39 is 0 Å². The second kappa shape index (κ2) is 8.10. The lowest BCUT2D eigenvalue weighted by Gasteiger charge is -2.31. The Hall–Kier alpha value is -1.05. The van der Waals surface area contributed by atoms with Crippen molar-refractivity contribution >= 4 is 5.91 Å².